The van der Waals surface area contributed by atoms with E-state index in [0.29, 0.717) is 18.0 Å². The Morgan fingerprint density at radius 3 is 2.57 bits per heavy atom. The molecule has 0 atom stereocenters. The van der Waals surface area contributed by atoms with Crippen LogP contribution in [0.1, 0.15) is 49.5 Å². The highest BCUT2D eigenvalue weighted by Gasteiger charge is 2.23. The maximum absolute atomic E-state index is 13.2. The summed E-state index contributed by atoms with van der Waals surface area (Å²) in [6, 6.07) is 6.25. The standard InChI is InChI=1S/C20H22FN3O4/c1-2-28-20(27)19-16(22-17(25)11-13-5-3-4-6-13)12-18(26)24(23-19)15-9-7-14(21)8-10-15/h7-10,12-13H,2-6,11H2,1H3,(H,22,25). The van der Waals surface area contributed by atoms with Crippen LogP contribution >= 0.6 is 0 Å². The van der Waals surface area contributed by atoms with Crippen LogP contribution in [0.3, 0.4) is 0 Å². The molecule has 3 rings (SSSR count). The Morgan fingerprint density at radius 1 is 1.25 bits per heavy atom. The molecule has 0 spiro atoms. The summed E-state index contributed by atoms with van der Waals surface area (Å²) in [6.07, 6.45) is 4.57. The normalized spacial score (nSPS) is 14.1. The van der Waals surface area contributed by atoms with Gasteiger partial charge in [-0.1, -0.05) is 12.8 Å². The van der Waals surface area contributed by atoms with Crippen molar-refractivity contribution in [2.24, 2.45) is 5.92 Å². The molecule has 2 aromatic rings. The summed E-state index contributed by atoms with van der Waals surface area (Å²) in [5.41, 5.74) is -0.424. The number of esters is 1. The van der Waals surface area contributed by atoms with Gasteiger partial charge in [-0.05, 0) is 49.9 Å². The number of nitrogens with zero attached hydrogens (tertiary/aromatic N) is 2. The third kappa shape index (κ3) is 4.62. The average Bonchev–Trinajstić information content (AvgIpc) is 3.16. The van der Waals surface area contributed by atoms with Crippen LogP contribution in [0, 0.1) is 11.7 Å². The van der Waals surface area contributed by atoms with Crippen molar-refractivity contribution < 1.29 is 18.7 Å². The van der Waals surface area contributed by atoms with E-state index in [9.17, 15) is 18.8 Å². The number of nitrogens with one attached hydrogen (secondary N) is 1. The lowest BCUT2D eigenvalue weighted by molar-refractivity contribution is -0.117. The lowest BCUT2D eigenvalue weighted by atomic mass is 10.0. The van der Waals surface area contributed by atoms with E-state index in [4.69, 9.17) is 4.74 Å². The maximum atomic E-state index is 13.2. The van der Waals surface area contributed by atoms with E-state index in [1.54, 1.807) is 6.92 Å². The number of anilines is 1. The van der Waals surface area contributed by atoms with E-state index in [1.807, 2.05) is 0 Å². The van der Waals surface area contributed by atoms with Crippen LogP contribution in [-0.2, 0) is 9.53 Å². The number of rotatable bonds is 6. The quantitative estimate of drug-likeness (QED) is 0.770. The van der Waals surface area contributed by atoms with E-state index in [1.165, 1.54) is 24.3 Å². The predicted molar refractivity (Wildman–Crippen MR) is 101 cm³/mol. The zero-order valence-electron chi connectivity index (χ0n) is 15.6. The van der Waals surface area contributed by atoms with Crippen molar-refractivity contribution in [1.82, 2.24) is 9.78 Å². The van der Waals surface area contributed by atoms with Crippen molar-refractivity contribution in [2.45, 2.75) is 39.0 Å². The Morgan fingerprint density at radius 2 is 1.93 bits per heavy atom. The third-order valence-electron chi connectivity index (χ3n) is 4.69. The van der Waals surface area contributed by atoms with Crippen molar-refractivity contribution in [3.63, 3.8) is 0 Å². The molecule has 1 fully saturated rings. The minimum absolute atomic E-state index is 0.0183. The molecule has 1 aromatic heterocycles. The van der Waals surface area contributed by atoms with E-state index in [-0.39, 0.29) is 23.9 Å². The second kappa shape index (κ2) is 8.77. The molecular weight excluding hydrogens is 365 g/mol. The van der Waals surface area contributed by atoms with Crippen molar-refractivity contribution in [3.05, 3.63) is 52.2 Å². The van der Waals surface area contributed by atoms with Crippen LogP contribution in [0.4, 0.5) is 10.1 Å². The second-order valence-electron chi connectivity index (χ2n) is 6.76. The zero-order chi connectivity index (χ0) is 20.1. The lowest BCUT2D eigenvalue weighted by Crippen LogP contribution is -2.27. The topological polar surface area (TPSA) is 90.3 Å². The molecule has 0 aliphatic heterocycles. The summed E-state index contributed by atoms with van der Waals surface area (Å²) < 4.78 is 19.1. The average molecular weight is 387 g/mol. The molecule has 148 valence electrons. The Balaban J connectivity index is 1.92. The fourth-order valence-electron chi connectivity index (χ4n) is 3.35. The molecule has 0 radical (unpaired) electrons. The molecule has 1 saturated carbocycles. The summed E-state index contributed by atoms with van der Waals surface area (Å²) >= 11 is 0. The van der Waals surface area contributed by atoms with Crippen molar-refractivity contribution in [1.29, 1.82) is 0 Å². The number of hydrogen-bond acceptors (Lipinski definition) is 5. The first kappa shape index (κ1) is 19.7. The number of hydrogen-bond donors (Lipinski definition) is 1. The van der Waals surface area contributed by atoms with Gasteiger partial charge in [-0.2, -0.15) is 9.78 Å². The number of aromatic nitrogens is 2. The highest BCUT2D eigenvalue weighted by molar-refractivity contribution is 5.99. The van der Waals surface area contributed by atoms with Crippen LogP contribution in [0.2, 0.25) is 0 Å². The predicted octanol–water partition coefficient (Wildman–Crippen LogP) is 3.07. The third-order valence-corrected chi connectivity index (χ3v) is 4.69. The lowest BCUT2D eigenvalue weighted by Gasteiger charge is -2.13. The molecule has 7 nitrogen and oxygen atoms in total. The van der Waals surface area contributed by atoms with Crippen LogP contribution in [0.25, 0.3) is 5.69 Å². The SMILES string of the molecule is CCOC(=O)c1nn(-c2ccc(F)cc2)c(=O)cc1NC(=O)CC1CCCC1. The number of carbonyl (C=O) groups excluding carboxylic acids is 2. The molecule has 1 aromatic carbocycles. The molecule has 0 bridgehead atoms. The van der Waals surface area contributed by atoms with Gasteiger partial charge in [0, 0.05) is 12.5 Å². The van der Waals surface area contributed by atoms with E-state index < -0.39 is 17.3 Å². The fraction of sp³-hybridized carbons (Fsp3) is 0.400. The molecule has 8 heteroatoms. The van der Waals surface area contributed by atoms with Crippen molar-refractivity contribution in [2.75, 3.05) is 11.9 Å². The number of halogens is 1. The first-order valence-corrected chi connectivity index (χ1v) is 9.35. The van der Waals surface area contributed by atoms with Gasteiger partial charge in [-0.3, -0.25) is 9.59 Å². The fourth-order valence-corrected chi connectivity index (χ4v) is 3.35. The smallest absolute Gasteiger partial charge is 0.360 e. The van der Waals surface area contributed by atoms with Gasteiger partial charge in [0.25, 0.3) is 5.56 Å². The van der Waals surface area contributed by atoms with Gasteiger partial charge in [0.2, 0.25) is 5.91 Å². The number of carbonyl (C=O) groups is 2. The van der Waals surface area contributed by atoms with Gasteiger partial charge in [-0.15, -0.1) is 0 Å². The minimum Gasteiger partial charge on any atom is -0.461 e. The summed E-state index contributed by atoms with van der Waals surface area (Å²) in [5.74, 6) is -1.16. The molecule has 1 aliphatic carbocycles. The summed E-state index contributed by atoms with van der Waals surface area (Å²) in [4.78, 5) is 37.2. The number of benzene rings is 1. The van der Waals surface area contributed by atoms with Gasteiger partial charge in [0.1, 0.15) is 5.82 Å². The molecule has 1 aliphatic rings. The van der Waals surface area contributed by atoms with Crippen molar-refractivity contribution >= 4 is 17.6 Å². The summed E-state index contributed by atoms with van der Waals surface area (Å²) in [5, 5.41) is 6.70. The highest BCUT2D eigenvalue weighted by atomic mass is 19.1. The van der Waals surface area contributed by atoms with E-state index in [2.05, 4.69) is 10.4 Å². The highest BCUT2D eigenvalue weighted by Crippen LogP contribution is 2.28. The van der Waals surface area contributed by atoms with E-state index in [0.717, 1.165) is 36.4 Å². The van der Waals surface area contributed by atoms with Crippen molar-refractivity contribution in [3.8, 4) is 5.69 Å². The molecule has 1 N–H and O–H groups in total. The molecule has 28 heavy (non-hydrogen) atoms. The monoisotopic (exact) mass is 387 g/mol. The molecule has 0 saturated heterocycles. The molecular formula is C20H22FN3O4. The van der Waals surface area contributed by atoms with E-state index >= 15 is 0 Å². The Kier molecular flexibility index (Phi) is 6.18. The van der Waals surface area contributed by atoms with Gasteiger partial charge in [-0.25, -0.2) is 9.18 Å². The first-order valence-electron chi connectivity index (χ1n) is 9.35. The maximum Gasteiger partial charge on any atom is 0.360 e. The van der Waals surface area contributed by atoms with Gasteiger partial charge >= 0.3 is 5.97 Å². The van der Waals surface area contributed by atoms with Crippen LogP contribution in [0.15, 0.2) is 35.1 Å². The molecule has 0 unspecified atom stereocenters. The van der Waals surface area contributed by atoms with Crippen LogP contribution < -0.4 is 10.9 Å². The summed E-state index contributed by atoms with van der Waals surface area (Å²) in [7, 11) is 0. The molecule has 1 heterocycles. The Bertz CT molecular complexity index is 918. The van der Waals surface area contributed by atoms with Gasteiger partial charge < -0.3 is 10.1 Å². The largest absolute Gasteiger partial charge is 0.461 e. The zero-order valence-corrected chi connectivity index (χ0v) is 15.6. The minimum atomic E-state index is -0.755. The summed E-state index contributed by atoms with van der Waals surface area (Å²) in [6.45, 7) is 1.76. The Labute approximate surface area is 161 Å². The first-order chi connectivity index (χ1) is 13.5. The number of amides is 1. The van der Waals surface area contributed by atoms with Crippen LogP contribution in [0.5, 0.6) is 0 Å². The molecule has 1 amide bonds. The Hall–Kier alpha value is -3.03. The second-order valence-corrected chi connectivity index (χ2v) is 6.76. The van der Waals surface area contributed by atoms with Gasteiger partial charge in [0.15, 0.2) is 5.69 Å². The number of ether oxygens (including phenoxy) is 1. The van der Waals surface area contributed by atoms with Crippen LogP contribution in [-0.4, -0.2) is 28.3 Å². The van der Waals surface area contributed by atoms with Gasteiger partial charge in [0.05, 0.1) is 18.0 Å².